The van der Waals surface area contributed by atoms with Gasteiger partial charge in [-0.3, -0.25) is 0 Å². The Balaban J connectivity index is 2.34. The summed E-state index contributed by atoms with van der Waals surface area (Å²) in [4.78, 5) is 0. The number of nitrogens with zero attached hydrogens (tertiary/aromatic N) is 1. The van der Waals surface area contributed by atoms with Crippen molar-refractivity contribution in [3.8, 4) is 0 Å². The maximum atomic E-state index is 11.5. The van der Waals surface area contributed by atoms with Crippen molar-refractivity contribution >= 4 is 0 Å². The van der Waals surface area contributed by atoms with Gasteiger partial charge in [-0.1, -0.05) is 0 Å². The van der Waals surface area contributed by atoms with Crippen LogP contribution in [0.5, 0.6) is 0 Å². The predicted molar refractivity (Wildman–Crippen MR) is 44.2 cm³/mol. The van der Waals surface area contributed by atoms with E-state index in [9.17, 15) is 5.21 Å². The largest absolute Gasteiger partial charge is 0.618 e. The maximum Gasteiger partial charge on any atom is 0.327 e. The summed E-state index contributed by atoms with van der Waals surface area (Å²) >= 11 is 0. The van der Waals surface area contributed by atoms with E-state index in [1.54, 1.807) is 25.1 Å². The van der Waals surface area contributed by atoms with Crippen molar-refractivity contribution in [3.05, 3.63) is 47.3 Å². The molecular weight excluding hydrogens is 170 g/mol. The summed E-state index contributed by atoms with van der Waals surface area (Å²) in [5.41, 5.74) is 1.08. The third-order valence-electron chi connectivity index (χ3n) is 1.86. The standard InChI is InChI=1S/C9H9NO3/c1-7-3-2-4-8(10(7)11)9-12-5-6-13-9/h2-6,9H,1H3. The fraction of sp³-hybridized carbons (Fsp3) is 0.222. The van der Waals surface area contributed by atoms with Crippen molar-refractivity contribution in [2.75, 3.05) is 0 Å². The number of hydrogen-bond acceptors (Lipinski definition) is 3. The van der Waals surface area contributed by atoms with Crippen LogP contribution in [0.2, 0.25) is 0 Å². The Bertz CT molecular complexity index is 341. The molecule has 0 radical (unpaired) electrons. The Morgan fingerprint density at radius 3 is 2.69 bits per heavy atom. The molecule has 1 aliphatic rings. The highest BCUT2D eigenvalue weighted by Crippen LogP contribution is 2.20. The van der Waals surface area contributed by atoms with Crippen molar-refractivity contribution in [2.24, 2.45) is 0 Å². The molecule has 4 heteroatoms. The molecule has 13 heavy (non-hydrogen) atoms. The van der Waals surface area contributed by atoms with Crippen molar-refractivity contribution in [2.45, 2.75) is 13.2 Å². The van der Waals surface area contributed by atoms with Crippen LogP contribution in [0.25, 0.3) is 0 Å². The lowest BCUT2D eigenvalue weighted by Crippen LogP contribution is -2.36. The van der Waals surface area contributed by atoms with Crippen LogP contribution >= 0.6 is 0 Å². The van der Waals surface area contributed by atoms with Crippen LogP contribution in [0.3, 0.4) is 0 Å². The van der Waals surface area contributed by atoms with Gasteiger partial charge in [0.2, 0.25) is 0 Å². The molecule has 68 valence electrons. The van der Waals surface area contributed by atoms with Crippen molar-refractivity contribution < 1.29 is 14.2 Å². The Hall–Kier alpha value is -1.71. The quantitative estimate of drug-likeness (QED) is 0.479. The monoisotopic (exact) mass is 179 g/mol. The fourth-order valence-corrected chi connectivity index (χ4v) is 1.18. The summed E-state index contributed by atoms with van der Waals surface area (Å²) in [6.45, 7) is 1.74. The van der Waals surface area contributed by atoms with Gasteiger partial charge in [-0.05, 0) is 6.07 Å². The van der Waals surface area contributed by atoms with E-state index in [0.29, 0.717) is 11.4 Å². The summed E-state index contributed by atoms with van der Waals surface area (Å²) < 4.78 is 10.9. The van der Waals surface area contributed by atoms with Gasteiger partial charge in [-0.25, -0.2) is 0 Å². The molecule has 0 saturated carbocycles. The minimum atomic E-state index is -0.600. The lowest BCUT2D eigenvalue weighted by molar-refractivity contribution is -0.628. The molecule has 0 amide bonds. The van der Waals surface area contributed by atoms with E-state index in [1.807, 2.05) is 0 Å². The number of ether oxygens (including phenoxy) is 2. The van der Waals surface area contributed by atoms with Gasteiger partial charge in [0, 0.05) is 19.1 Å². The number of pyridine rings is 1. The summed E-state index contributed by atoms with van der Waals surface area (Å²) in [5.74, 6) is 0. The average Bonchev–Trinajstić information content (AvgIpc) is 2.62. The molecule has 0 unspecified atom stereocenters. The summed E-state index contributed by atoms with van der Waals surface area (Å²) in [6.07, 6.45) is 2.25. The Labute approximate surface area is 75.6 Å². The molecule has 1 aromatic rings. The minimum absolute atomic E-state index is 0.463. The second kappa shape index (κ2) is 2.97. The highest BCUT2D eigenvalue weighted by molar-refractivity contribution is 5.05. The molecule has 2 rings (SSSR count). The zero-order valence-corrected chi connectivity index (χ0v) is 7.14. The van der Waals surface area contributed by atoms with Gasteiger partial charge in [-0.15, -0.1) is 0 Å². The van der Waals surface area contributed by atoms with Crippen molar-refractivity contribution in [1.29, 1.82) is 0 Å². The van der Waals surface area contributed by atoms with E-state index in [1.165, 1.54) is 12.5 Å². The van der Waals surface area contributed by atoms with E-state index in [-0.39, 0.29) is 0 Å². The van der Waals surface area contributed by atoms with Crippen LogP contribution in [0, 0.1) is 12.1 Å². The second-order valence-electron chi connectivity index (χ2n) is 2.76. The highest BCUT2D eigenvalue weighted by atomic mass is 16.7. The molecule has 0 aliphatic carbocycles. The third kappa shape index (κ3) is 1.30. The fourth-order valence-electron chi connectivity index (χ4n) is 1.18. The Morgan fingerprint density at radius 1 is 1.31 bits per heavy atom. The molecule has 0 atom stereocenters. The molecule has 0 saturated heterocycles. The van der Waals surface area contributed by atoms with Crippen LogP contribution in [0.1, 0.15) is 17.7 Å². The van der Waals surface area contributed by atoms with E-state index < -0.39 is 6.29 Å². The first kappa shape index (κ1) is 7.91. The molecule has 1 aromatic heterocycles. The molecular formula is C9H9NO3. The van der Waals surface area contributed by atoms with Gasteiger partial charge >= 0.3 is 6.29 Å². The third-order valence-corrected chi connectivity index (χ3v) is 1.86. The van der Waals surface area contributed by atoms with Gasteiger partial charge in [-0.2, -0.15) is 4.73 Å². The molecule has 0 fully saturated rings. The van der Waals surface area contributed by atoms with E-state index in [4.69, 9.17) is 9.47 Å². The predicted octanol–water partition coefficient (Wildman–Crippen LogP) is 1.15. The van der Waals surface area contributed by atoms with Gasteiger partial charge in [0.15, 0.2) is 5.69 Å². The lowest BCUT2D eigenvalue weighted by atomic mass is 10.3. The lowest BCUT2D eigenvalue weighted by Gasteiger charge is -2.11. The van der Waals surface area contributed by atoms with Crippen LogP contribution in [0.4, 0.5) is 0 Å². The Morgan fingerprint density at radius 2 is 2.00 bits per heavy atom. The molecule has 4 nitrogen and oxygen atoms in total. The van der Waals surface area contributed by atoms with Crippen LogP contribution in [-0.2, 0) is 9.47 Å². The van der Waals surface area contributed by atoms with Crippen molar-refractivity contribution in [3.63, 3.8) is 0 Å². The molecule has 1 aliphatic heterocycles. The van der Waals surface area contributed by atoms with Gasteiger partial charge in [0.05, 0.1) is 0 Å². The maximum absolute atomic E-state index is 11.5. The number of aryl methyl sites for hydroxylation is 1. The molecule has 0 N–H and O–H groups in total. The van der Waals surface area contributed by atoms with Gasteiger partial charge < -0.3 is 14.7 Å². The number of rotatable bonds is 1. The van der Waals surface area contributed by atoms with Gasteiger partial charge in [0.1, 0.15) is 12.5 Å². The first-order chi connectivity index (χ1) is 6.29. The van der Waals surface area contributed by atoms with Crippen molar-refractivity contribution in [1.82, 2.24) is 0 Å². The number of hydrogen-bond donors (Lipinski definition) is 0. The summed E-state index contributed by atoms with van der Waals surface area (Å²) in [6, 6.07) is 5.21. The van der Waals surface area contributed by atoms with E-state index in [0.717, 1.165) is 4.73 Å². The zero-order valence-electron chi connectivity index (χ0n) is 7.14. The van der Waals surface area contributed by atoms with Crippen LogP contribution in [0.15, 0.2) is 30.7 Å². The van der Waals surface area contributed by atoms with E-state index >= 15 is 0 Å². The van der Waals surface area contributed by atoms with Crippen LogP contribution in [-0.4, -0.2) is 0 Å². The summed E-state index contributed by atoms with van der Waals surface area (Å²) in [7, 11) is 0. The molecule has 0 spiro atoms. The summed E-state index contributed by atoms with van der Waals surface area (Å²) in [5, 5.41) is 11.5. The smallest absolute Gasteiger partial charge is 0.327 e. The Kier molecular flexibility index (Phi) is 1.81. The molecule has 2 heterocycles. The molecule has 0 bridgehead atoms. The zero-order chi connectivity index (χ0) is 9.26. The minimum Gasteiger partial charge on any atom is -0.618 e. The van der Waals surface area contributed by atoms with Crippen LogP contribution < -0.4 is 4.73 Å². The highest BCUT2D eigenvalue weighted by Gasteiger charge is 2.24. The topological polar surface area (TPSA) is 45.4 Å². The molecule has 0 aromatic carbocycles. The number of aromatic nitrogens is 1. The van der Waals surface area contributed by atoms with Gasteiger partial charge in [0.25, 0.3) is 5.69 Å². The first-order valence-electron chi connectivity index (χ1n) is 3.94. The average molecular weight is 179 g/mol. The first-order valence-corrected chi connectivity index (χ1v) is 3.94. The second-order valence-corrected chi connectivity index (χ2v) is 2.76. The normalized spacial score (nSPS) is 15.5. The SMILES string of the molecule is Cc1cccc(C2OC=CO2)[n+]1[O-]. The van der Waals surface area contributed by atoms with E-state index in [2.05, 4.69) is 0 Å².